The van der Waals surface area contributed by atoms with Gasteiger partial charge in [-0.2, -0.15) is 0 Å². The Kier molecular flexibility index (Phi) is 5.36. The predicted molar refractivity (Wildman–Crippen MR) is 93.6 cm³/mol. The number of piperidine rings is 1. The monoisotopic (exact) mass is 343 g/mol. The molecule has 1 aromatic carbocycles. The molecule has 0 radical (unpaired) electrons. The average molecular weight is 343 g/mol. The highest BCUT2D eigenvalue weighted by Crippen LogP contribution is 2.19. The van der Waals surface area contributed by atoms with Crippen LogP contribution in [-0.4, -0.2) is 60.2 Å². The van der Waals surface area contributed by atoms with Crippen molar-refractivity contribution in [2.24, 2.45) is 5.92 Å². The third-order valence-corrected chi connectivity index (χ3v) is 5.03. The Labute approximate surface area is 148 Å². The fourth-order valence-electron chi connectivity index (χ4n) is 3.58. The van der Waals surface area contributed by atoms with Gasteiger partial charge in [0.2, 0.25) is 17.7 Å². The summed E-state index contributed by atoms with van der Waals surface area (Å²) >= 11 is 0. The second-order valence-electron chi connectivity index (χ2n) is 7.03. The second-order valence-corrected chi connectivity index (χ2v) is 7.03. The largest absolute Gasteiger partial charge is 0.351 e. The fraction of sp³-hybridized carbons (Fsp3) is 0.526. The summed E-state index contributed by atoms with van der Waals surface area (Å²) in [5.74, 6) is -0.0899. The van der Waals surface area contributed by atoms with E-state index in [4.69, 9.17) is 0 Å². The first-order valence-corrected chi connectivity index (χ1v) is 8.89. The lowest BCUT2D eigenvalue weighted by Crippen LogP contribution is -2.48. The van der Waals surface area contributed by atoms with Crippen molar-refractivity contribution in [3.05, 3.63) is 35.9 Å². The molecule has 3 rings (SSSR count). The third-order valence-electron chi connectivity index (χ3n) is 5.03. The van der Waals surface area contributed by atoms with Gasteiger partial charge in [0.1, 0.15) is 0 Å². The molecule has 0 aromatic heterocycles. The van der Waals surface area contributed by atoms with Crippen LogP contribution in [-0.2, 0) is 20.8 Å². The predicted octanol–water partition coefficient (Wildman–Crippen LogP) is 0.815. The first kappa shape index (κ1) is 17.5. The zero-order valence-electron chi connectivity index (χ0n) is 14.6. The van der Waals surface area contributed by atoms with Crippen molar-refractivity contribution < 1.29 is 14.4 Å². The topological polar surface area (TPSA) is 69.7 Å². The molecule has 2 fully saturated rings. The summed E-state index contributed by atoms with van der Waals surface area (Å²) in [6, 6.07) is 9.56. The van der Waals surface area contributed by atoms with Gasteiger partial charge in [0.05, 0.1) is 18.4 Å². The van der Waals surface area contributed by atoms with E-state index < -0.39 is 0 Å². The molecule has 1 N–H and O–H groups in total. The minimum atomic E-state index is -0.186. The van der Waals surface area contributed by atoms with Gasteiger partial charge in [-0.1, -0.05) is 30.3 Å². The fourth-order valence-corrected chi connectivity index (χ4v) is 3.58. The number of nitrogens with one attached hydrogen (secondary N) is 1. The van der Waals surface area contributed by atoms with E-state index in [0.717, 1.165) is 18.4 Å². The van der Waals surface area contributed by atoms with Crippen LogP contribution in [0.2, 0.25) is 0 Å². The molecule has 2 heterocycles. The van der Waals surface area contributed by atoms with E-state index >= 15 is 0 Å². The normalized spacial score (nSPS) is 23.6. The molecule has 2 unspecified atom stereocenters. The zero-order valence-corrected chi connectivity index (χ0v) is 14.6. The lowest BCUT2D eigenvalue weighted by atomic mass is 9.96. The van der Waals surface area contributed by atoms with E-state index in [0.29, 0.717) is 32.5 Å². The highest BCUT2D eigenvalue weighted by molar-refractivity contribution is 5.84. The maximum atomic E-state index is 12.5. The highest BCUT2D eigenvalue weighted by atomic mass is 16.2. The Balaban J connectivity index is 1.53. The van der Waals surface area contributed by atoms with Gasteiger partial charge >= 0.3 is 0 Å². The number of rotatable bonds is 4. The van der Waals surface area contributed by atoms with Gasteiger partial charge < -0.3 is 15.1 Å². The zero-order chi connectivity index (χ0) is 17.8. The Hall–Kier alpha value is -2.37. The van der Waals surface area contributed by atoms with Gasteiger partial charge in [-0.3, -0.25) is 14.4 Å². The molecular weight excluding hydrogens is 318 g/mol. The van der Waals surface area contributed by atoms with E-state index in [1.165, 1.54) is 0 Å². The minimum absolute atomic E-state index is 0.0367. The Morgan fingerprint density at radius 2 is 1.96 bits per heavy atom. The van der Waals surface area contributed by atoms with E-state index in [-0.39, 0.29) is 29.7 Å². The van der Waals surface area contributed by atoms with Gasteiger partial charge in [-0.25, -0.2) is 0 Å². The number of hydrogen-bond donors (Lipinski definition) is 1. The summed E-state index contributed by atoms with van der Waals surface area (Å²) in [5.41, 5.74) is 0.992. The van der Waals surface area contributed by atoms with E-state index in [1.54, 1.807) is 16.8 Å². The van der Waals surface area contributed by atoms with Crippen molar-refractivity contribution in [2.45, 2.75) is 31.7 Å². The molecule has 0 aliphatic carbocycles. The highest BCUT2D eigenvalue weighted by Gasteiger charge is 2.32. The number of amides is 3. The second kappa shape index (κ2) is 7.68. The van der Waals surface area contributed by atoms with Crippen LogP contribution in [0, 0.1) is 5.92 Å². The molecule has 25 heavy (non-hydrogen) atoms. The van der Waals surface area contributed by atoms with Crippen molar-refractivity contribution in [3.8, 4) is 0 Å². The van der Waals surface area contributed by atoms with Crippen LogP contribution >= 0.6 is 0 Å². The average Bonchev–Trinajstić information content (AvgIpc) is 2.93. The van der Waals surface area contributed by atoms with Crippen LogP contribution < -0.4 is 5.32 Å². The van der Waals surface area contributed by atoms with E-state index in [1.807, 2.05) is 30.3 Å². The SMILES string of the molecule is CN1CC(NC(=O)C2CCCN(C(=O)Cc3ccccc3)C2)CC1=O. The lowest BCUT2D eigenvalue weighted by Gasteiger charge is -2.32. The van der Waals surface area contributed by atoms with Gasteiger partial charge in [-0.05, 0) is 18.4 Å². The number of likely N-dealkylation sites (tertiary alicyclic amines) is 2. The first-order valence-electron chi connectivity index (χ1n) is 8.89. The molecule has 2 aliphatic heterocycles. The maximum absolute atomic E-state index is 12.5. The summed E-state index contributed by atoms with van der Waals surface area (Å²) in [6.45, 7) is 1.74. The molecule has 0 spiro atoms. The molecule has 6 nitrogen and oxygen atoms in total. The Bertz CT molecular complexity index is 647. The Morgan fingerprint density at radius 1 is 1.20 bits per heavy atom. The number of carbonyl (C=O) groups excluding carboxylic acids is 3. The number of hydrogen-bond acceptors (Lipinski definition) is 3. The van der Waals surface area contributed by atoms with Crippen molar-refractivity contribution in [1.82, 2.24) is 15.1 Å². The number of likely N-dealkylation sites (N-methyl/N-ethyl adjacent to an activating group) is 1. The molecule has 2 saturated heterocycles. The third kappa shape index (κ3) is 4.38. The van der Waals surface area contributed by atoms with Crippen LogP contribution in [0.25, 0.3) is 0 Å². The molecule has 2 atom stereocenters. The van der Waals surface area contributed by atoms with Crippen LogP contribution in [0.15, 0.2) is 30.3 Å². The van der Waals surface area contributed by atoms with E-state index in [9.17, 15) is 14.4 Å². The molecule has 134 valence electrons. The molecule has 0 bridgehead atoms. The van der Waals surface area contributed by atoms with Gasteiger partial charge in [0.15, 0.2) is 0 Å². The maximum Gasteiger partial charge on any atom is 0.227 e. The summed E-state index contributed by atoms with van der Waals surface area (Å²) in [7, 11) is 1.75. The summed E-state index contributed by atoms with van der Waals surface area (Å²) in [5, 5.41) is 2.98. The summed E-state index contributed by atoms with van der Waals surface area (Å²) in [4.78, 5) is 40.0. The molecule has 3 amide bonds. The molecule has 0 saturated carbocycles. The number of carbonyl (C=O) groups is 3. The molecule has 6 heteroatoms. The Morgan fingerprint density at radius 3 is 2.64 bits per heavy atom. The number of benzene rings is 1. The lowest BCUT2D eigenvalue weighted by molar-refractivity contribution is -0.135. The van der Waals surface area contributed by atoms with E-state index in [2.05, 4.69) is 5.32 Å². The quantitative estimate of drug-likeness (QED) is 0.880. The summed E-state index contributed by atoms with van der Waals surface area (Å²) < 4.78 is 0. The van der Waals surface area contributed by atoms with Crippen molar-refractivity contribution in [1.29, 1.82) is 0 Å². The molecular formula is C19H25N3O3. The van der Waals surface area contributed by atoms with Crippen LogP contribution in [0.4, 0.5) is 0 Å². The molecule has 1 aromatic rings. The van der Waals surface area contributed by atoms with Crippen LogP contribution in [0.1, 0.15) is 24.8 Å². The summed E-state index contributed by atoms with van der Waals surface area (Å²) in [6.07, 6.45) is 2.36. The smallest absolute Gasteiger partial charge is 0.227 e. The van der Waals surface area contributed by atoms with Crippen molar-refractivity contribution in [3.63, 3.8) is 0 Å². The van der Waals surface area contributed by atoms with Crippen molar-refractivity contribution >= 4 is 17.7 Å². The standard InChI is InChI=1S/C19H25N3O3/c1-21-13-16(11-17(21)23)20-19(25)15-8-5-9-22(12-15)18(24)10-14-6-3-2-4-7-14/h2-4,6-7,15-16H,5,8-13H2,1H3,(H,20,25). The van der Waals surface area contributed by atoms with Crippen molar-refractivity contribution in [2.75, 3.05) is 26.7 Å². The number of nitrogens with zero attached hydrogens (tertiary/aromatic N) is 2. The van der Waals surface area contributed by atoms with Gasteiger partial charge in [0.25, 0.3) is 0 Å². The first-order chi connectivity index (χ1) is 12.0. The van der Waals surface area contributed by atoms with Crippen LogP contribution in [0.5, 0.6) is 0 Å². The minimum Gasteiger partial charge on any atom is -0.351 e. The van der Waals surface area contributed by atoms with Crippen LogP contribution in [0.3, 0.4) is 0 Å². The van der Waals surface area contributed by atoms with Gasteiger partial charge in [-0.15, -0.1) is 0 Å². The molecule has 2 aliphatic rings. The van der Waals surface area contributed by atoms with Gasteiger partial charge in [0, 0.05) is 33.1 Å².